The SMILES string of the molecule is CCCCOCCOCC#CCc1[nH]c(=O)ccc1-c1ccc(Cl)cn1. The summed E-state index contributed by atoms with van der Waals surface area (Å²) in [5.74, 6) is 5.97. The van der Waals surface area contributed by atoms with Crippen molar-refractivity contribution in [1.82, 2.24) is 9.97 Å². The van der Waals surface area contributed by atoms with Crippen LogP contribution in [-0.4, -0.2) is 36.4 Å². The van der Waals surface area contributed by atoms with Crippen molar-refractivity contribution in [3.05, 3.63) is 51.5 Å². The summed E-state index contributed by atoms with van der Waals surface area (Å²) >= 11 is 5.88. The molecule has 2 rings (SSSR count). The molecule has 0 saturated heterocycles. The van der Waals surface area contributed by atoms with Crippen LogP contribution < -0.4 is 5.56 Å². The van der Waals surface area contributed by atoms with Crippen molar-refractivity contribution in [3.8, 4) is 23.1 Å². The Morgan fingerprint density at radius 1 is 1.12 bits per heavy atom. The molecule has 26 heavy (non-hydrogen) atoms. The van der Waals surface area contributed by atoms with Gasteiger partial charge in [-0.25, -0.2) is 0 Å². The molecule has 0 unspecified atom stereocenters. The molecule has 0 amide bonds. The first-order chi connectivity index (χ1) is 12.7. The summed E-state index contributed by atoms with van der Waals surface area (Å²) in [6.07, 6.45) is 4.18. The zero-order valence-electron chi connectivity index (χ0n) is 14.9. The first-order valence-electron chi connectivity index (χ1n) is 8.66. The number of hydrogen-bond acceptors (Lipinski definition) is 4. The number of rotatable bonds is 9. The lowest BCUT2D eigenvalue weighted by atomic mass is 10.1. The maximum Gasteiger partial charge on any atom is 0.248 e. The highest BCUT2D eigenvalue weighted by Gasteiger charge is 2.06. The number of hydrogen-bond donors (Lipinski definition) is 1. The van der Waals surface area contributed by atoms with Gasteiger partial charge in [-0.1, -0.05) is 36.8 Å². The summed E-state index contributed by atoms with van der Waals surface area (Å²) in [5, 5.41) is 0.565. The van der Waals surface area contributed by atoms with Gasteiger partial charge in [0.25, 0.3) is 0 Å². The van der Waals surface area contributed by atoms with Crippen molar-refractivity contribution >= 4 is 11.6 Å². The van der Waals surface area contributed by atoms with E-state index in [-0.39, 0.29) is 5.56 Å². The molecule has 0 aliphatic rings. The second kappa shape index (κ2) is 11.5. The van der Waals surface area contributed by atoms with Crippen LogP contribution in [0.1, 0.15) is 25.5 Å². The topological polar surface area (TPSA) is 64.2 Å². The molecule has 0 spiro atoms. The van der Waals surface area contributed by atoms with Crippen LogP contribution in [-0.2, 0) is 15.9 Å². The molecular weight excluding hydrogens is 352 g/mol. The fourth-order valence-corrected chi connectivity index (χ4v) is 2.34. The quantitative estimate of drug-likeness (QED) is 0.539. The molecule has 0 bridgehead atoms. The smallest absolute Gasteiger partial charge is 0.248 e. The average Bonchev–Trinajstić information content (AvgIpc) is 2.64. The lowest BCUT2D eigenvalue weighted by Crippen LogP contribution is -2.08. The molecule has 0 fully saturated rings. The molecule has 1 N–H and O–H groups in total. The number of nitrogens with one attached hydrogen (secondary N) is 1. The molecule has 5 nitrogen and oxygen atoms in total. The predicted molar refractivity (Wildman–Crippen MR) is 103 cm³/mol. The number of aromatic amines is 1. The summed E-state index contributed by atoms with van der Waals surface area (Å²) in [4.78, 5) is 18.8. The largest absolute Gasteiger partial charge is 0.379 e. The summed E-state index contributed by atoms with van der Waals surface area (Å²) in [6.45, 7) is 4.35. The molecule has 0 aliphatic heterocycles. The van der Waals surface area contributed by atoms with Crippen LogP contribution in [0.3, 0.4) is 0 Å². The van der Waals surface area contributed by atoms with Gasteiger partial charge in [0.1, 0.15) is 6.61 Å². The number of H-pyrrole nitrogens is 1. The van der Waals surface area contributed by atoms with E-state index in [0.717, 1.165) is 36.4 Å². The molecule has 2 heterocycles. The minimum atomic E-state index is -0.167. The summed E-state index contributed by atoms with van der Waals surface area (Å²) < 4.78 is 10.8. The predicted octanol–water partition coefficient (Wildman–Crippen LogP) is 3.47. The lowest BCUT2D eigenvalue weighted by Gasteiger charge is -2.06. The van der Waals surface area contributed by atoms with E-state index in [1.54, 1.807) is 18.3 Å². The number of ether oxygens (including phenoxy) is 2. The summed E-state index contributed by atoms with van der Waals surface area (Å²) in [7, 11) is 0. The van der Waals surface area contributed by atoms with Crippen LogP contribution in [0.4, 0.5) is 0 Å². The standard InChI is InChI=1S/C20H23ClN2O3/c1-2-3-11-25-13-14-26-12-5-4-6-19-17(8-10-20(24)23-19)18-9-7-16(21)15-22-18/h7-10,15H,2-3,6,11-14H2,1H3,(H,23,24). The first-order valence-corrected chi connectivity index (χ1v) is 9.04. The van der Waals surface area contributed by atoms with E-state index in [4.69, 9.17) is 21.1 Å². The molecule has 2 aromatic rings. The normalized spacial score (nSPS) is 10.4. The lowest BCUT2D eigenvalue weighted by molar-refractivity contribution is 0.0589. The van der Waals surface area contributed by atoms with Gasteiger partial charge >= 0.3 is 0 Å². The third kappa shape index (κ3) is 7.01. The van der Waals surface area contributed by atoms with Crippen LogP contribution in [0, 0.1) is 11.8 Å². The highest BCUT2D eigenvalue weighted by Crippen LogP contribution is 2.20. The van der Waals surface area contributed by atoms with Crippen molar-refractivity contribution in [2.45, 2.75) is 26.2 Å². The Morgan fingerprint density at radius 3 is 2.73 bits per heavy atom. The van der Waals surface area contributed by atoms with Gasteiger partial charge in [-0.15, -0.1) is 0 Å². The van der Waals surface area contributed by atoms with Crippen molar-refractivity contribution in [3.63, 3.8) is 0 Å². The molecule has 0 aliphatic carbocycles. The van der Waals surface area contributed by atoms with Crippen LogP contribution in [0.15, 0.2) is 35.3 Å². The molecule has 0 aromatic carbocycles. The Morgan fingerprint density at radius 2 is 1.96 bits per heavy atom. The minimum absolute atomic E-state index is 0.167. The van der Waals surface area contributed by atoms with Gasteiger partial charge in [-0.05, 0) is 24.6 Å². The number of aromatic nitrogens is 2. The van der Waals surface area contributed by atoms with Gasteiger partial charge in [-0.2, -0.15) is 0 Å². The van der Waals surface area contributed by atoms with Gasteiger partial charge in [0.2, 0.25) is 5.56 Å². The minimum Gasteiger partial charge on any atom is -0.379 e. The second-order valence-corrected chi connectivity index (χ2v) is 6.06. The molecule has 2 aromatic heterocycles. The van der Waals surface area contributed by atoms with Gasteiger partial charge in [0.15, 0.2) is 0 Å². The van der Waals surface area contributed by atoms with E-state index in [9.17, 15) is 4.79 Å². The molecule has 6 heteroatoms. The van der Waals surface area contributed by atoms with E-state index in [1.165, 1.54) is 6.07 Å². The molecule has 0 radical (unpaired) electrons. The van der Waals surface area contributed by atoms with Crippen molar-refractivity contribution < 1.29 is 9.47 Å². The van der Waals surface area contributed by atoms with Crippen LogP contribution in [0.25, 0.3) is 11.3 Å². The van der Waals surface area contributed by atoms with E-state index in [1.807, 2.05) is 6.07 Å². The highest BCUT2D eigenvalue weighted by atomic mass is 35.5. The third-order valence-electron chi connectivity index (χ3n) is 3.58. The maximum absolute atomic E-state index is 11.6. The molecule has 138 valence electrons. The zero-order valence-corrected chi connectivity index (χ0v) is 15.6. The molecular formula is C20H23ClN2O3. The van der Waals surface area contributed by atoms with Crippen molar-refractivity contribution in [2.24, 2.45) is 0 Å². The van der Waals surface area contributed by atoms with Crippen LogP contribution >= 0.6 is 11.6 Å². The van der Waals surface area contributed by atoms with Gasteiger partial charge in [0.05, 0.1) is 30.4 Å². The van der Waals surface area contributed by atoms with Crippen molar-refractivity contribution in [2.75, 3.05) is 26.4 Å². The highest BCUT2D eigenvalue weighted by molar-refractivity contribution is 6.30. The number of nitrogens with zero attached hydrogens (tertiary/aromatic N) is 1. The Kier molecular flexibility index (Phi) is 8.91. The molecule has 0 atom stereocenters. The Hall–Kier alpha value is -2.13. The number of halogens is 1. The Bertz CT molecular complexity index is 791. The third-order valence-corrected chi connectivity index (χ3v) is 3.81. The fraction of sp³-hybridized carbons (Fsp3) is 0.400. The Labute approximate surface area is 158 Å². The number of unbranched alkanes of at least 4 members (excludes halogenated alkanes) is 1. The van der Waals surface area contributed by atoms with Gasteiger partial charge in [0, 0.05) is 30.1 Å². The monoisotopic (exact) mass is 374 g/mol. The average molecular weight is 375 g/mol. The second-order valence-electron chi connectivity index (χ2n) is 5.63. The maximum atomic E-state index is 11.6. The zero-order chi connectivity index (χ0) is 18.6. The number of pyridine rings is 2. The summed E-state index contributed by atoms with van der Waals surface area (Å²) in [5.41, 5.74) is 2.13. The van der Waals surface area contributed by atoms with Crippen molar-refractivity contribution in [1.29, 1.82) is 0 Å². The van der Waals surface area contributed by atoms with E-state index >= 15 is 0 Å². The van der Waals surface area contributed by atoms with E-state index < -0.39 is 0 Å². The van der Waals surface area contributed by atoms with Gasteiger partial charge in [-0.3, -0.25) is 9.78 Å². The first kappa shape index (κ1) is 20.2. The van der Waals surface area contributed by atoms with Gasteiger partial charge < -0.3 is 14.5 Å². The van der Waals surface area contributed by atoms with E-state index in [2.05, 4.69) is 28.7 Å². The van der Waals surface area contributed by atoms with E-state index in [0.29, 0.717) is 31.3 Å². The Balaban J connectivity index is 1.87. The fourth-order valence-electron chi connectivity index (χ4n) is 2.22. The summed E-state index contributed by atoms with van der Waals surface area (Å²) in [6, 6.07) is 6.80. The van der Waals surface area contributed by atoms with Crippen LogP contribution in [0.2, 0.25) is 5.02 Å². The molecule has 0 saturated carbocycles. The van der Waals surface area contributed by atoms with Crippen LogP contribution in [0.5, 0.6) is 0 Å².